The van der Waals surface area contributed by atoms with Gasteiger partial charge in [0.25, 0.3) is 0 Å². The molecular weight excluding hydrogens is 241 g/mol. The van der Waals surface area contributed by atoms with E-state index in [9.17, 15) is 4.39 Å². The Labute approximate surface area is 116 Å². The highest BCUT2D eigenvalue weighted by molar-refractivity contribution is 5.26. The van der Waals surface area contributed by atoms with Crippen LogP contribution < -0.4 is 5.73 Å². The number of ether oxygens (including phenoxy) is 1. The molecule has 0 heterocycles. The van der Waals surface area contributed by atoms with Crippen molar-refractivity contribution in [1.82, 2.24) is 0 Å². The second kappa shape index (κ2) is 6.02. The van der Waals surface area contributed by atoms with Crippen molar-refractivity contribution >= 4 is 0 Å². The number of hydrogen-bond acceptors (Lipinski definition) is 2. The first-order valence-electron chi connectivity index (χ1n) is 6.76. The Hall–Kier alpha value is -0.930. The molecule has 0 saturated heterocycles. The van der Waals surface area contributed by atoms with Crippen molar-refractivity contribution in [1.29, 1.82) is 0 Å². The summed E-state index contributed by atoms with van der Waals surface area (Å²) in [5.41, 5.74) is 7.06. The van der Waals surface area contributed by atoms with E-state index >= 15 is 0 Å². The second-order valence-electron chi connectivity index (χ2n) is 6.34. The summed E-state index contributed by atoms with van der Waals surface area (Å²) in [5.74, 6) is -0.214. The zero-order valence-electron chi connectivity index (χ0n) is 12.7. The van der Waals surface area contributed by atoms with Crippen LogP contribution in [0.3, 0.4) is 0 Å². The Bertz CT molecular complexity index is 398. The number of hydrogen-bond donors (Lipinski definition) is 1. The molecule has 0 bridgehead atoms. The van der Waals surface area contributed by atoms with Gasteiger partial charge in [0.2, 0.25) is 0 Å². The van der Waals surface area contributed by atoms with Crippen LogP contribution in [0, 0.1) is 5.82 Å². The lowest BCUT2D eigenvalue weighted by molar-refractivity contribution is 0.0111. The predicted molar refractivity (Wildman–Crippen MR) is 77.7 cm³/mol. The zero-order chi connectivity index (χ0) is 14.7. The van der Waals surface area contributed by atoms with Gasteiger partial charge in [0.05, 0.1) is 5.60 Å². The number of nitrogens with two attached hydrogens (primary N) is 1. The van der Waals surface area contributed by atoms with Gasteiger partial charge in [-0.1, -0.05) is 26.0 Å². The van der Waals surface area contributed by atoms with Crippen molar-refractivity contribution in [2.24, 2.45) is 5.73 Å². The molecule has 0 amide bonds. The van der Waals surface area contributed by atoms with E-state index in [2.05, 4.69) is 27.7 Å². The summed E-state index contributed by atoms with van der Waals surface area (Å²) in [4.78, 5) is 0. The third-order valence-corrected chi connectivity index (χ3v) is 4.13. The molecule has 0 fully saturated rings. The molecule has 19 heavy (non-hydrogen) atoms. The molecule has 1 unspecified atom stereocenters. The molecule has 108 valence electrons. The molecule has 1 aromatic carbocycles. The Morgan fingerprint density at radius 2 is 1.68 bits per heavy atom. The van der Waals surface area contributed by atoms with Crippen molar-refractivity contribution in [2.45, 2.75) is 57.6 Å². The van der Waals surface area contributed by atoms with Crippen LogP contribution >= 0.6 is 0 Å². The van der Waals surface area contributed by atoms with E-state index in [1.54, 1.807) is 7.11 Å². The lowest BCUT2D eigenvalue weighted by Crippen LogP contribution is -2.42. The van der Waals surface area contributed by atoms with Crippen molar-refractivity contribution in [2.75, 3.05) is 7.11 Å². The second-order valence-corrected chi connectivity index (χ2v) is 6.34. The summed E-state index contributed by atoms with van der Waals surface area (Å²) in [5, 5.41) is 0. The lowest BCUT2D eigenvalue weighted by atomic mass is 9.75. The summed E-state index contributed by atoms with van der Waals surface area (Å²) in [6, 6.07) is 6.62. The van der Waals surface area contributed by atoms with E-state index in [1.165, 1.54) is 12.1 Å². The monoisotopic (exact) mass is 267 g/mol. The highest BCUT2D eigenvalue weighted by atomic mass is 19.1. The number of halogens is 1. The smallest absolute Gasteiger partial charge is 0.123 e. The molecular formula is C16H26FNO. The van der Waals surface area contributed by atoms with Crippen molar-refractivity contribution < 1.29 is 9.13 Å². The van der Waals surface area contributed by atoms with E-state index in [0.717, 1.165) is 18.4 Å². The topological polar surface area (TPSA) is 35.2 Å². The van der Waals surface area contributed by atoms with E-state index in [1.807, 2.05) is 12.1 Å². The quantitative estimate of drug-likeness (QED) is 0.854. The first kappa shape index (κ1) is 16.1. The van der Waals surface area contributed by atoms with E-state index in [4.69, 9.17) is 10.5 Å². The fourth-order valence-corrected chi connectivity index (χ4v) is 2.06. The summed E-state index contributed by atoms with van der Waals surface area (Å²) in [6.45, 7) is 8.32. The van der Waals surface area contributed by atoms with Gasteiger partial charge >= 0.3 is 0 Å². The fraction of sp³-hybridized carbons (Fsp3) is 0.625. The Kier molecular flexibility index (Phi) is 5.11. The molecule has 0 saturated carbocycles. The van der Waals surface area contributed by atoms with Crippen LogP contribution in [0.25, 0.3) is 0 Å². The minimum atomic E-state index is -0.214. The van der Waals surface area contributed by atoms with Crippen LogP contribution in [0.5, 0.6) is 0 Å². The molecule has 0 aliphatic rings. The fourth-order valence-electron chi connectivity index (χ4n) is 2.06. The van der Waals surface area contributed by atoms with Gasteiger partial charge in [-0.3, -0.25) is 0 Å². The number of methoxy groups -OCH3 is 1. The molecule has 0 aliphatic heterocycles. The van der Waals surface area contributed by atoms with E-state index < -0.39 is 0 Å². The van der Waals surface area contributed by atoms with E-state index in [0.29, 0.717) is 0 Å². The molecule has 0 spiro atoms. The van der Waals surface area contributed by atoms with Gasteiger partial charge in [-0.2, -0.15) is 0 Å². The third-order valence-electron chi connectivity index (χ3n) is 4.13. The molecule has 1 aromatic rings. The first-order valence-corrected chi connectivity index (χ1v) is 6.76. The largest absolute Gasteiger partial charge is 0.379 e. The van der Waals surface area contributed by atoms with Gasteiger partial charge in [0, 0.05) is 18.6 Å². The summed E-state index contributed by atoms with van der Waals surface area (Å²) >= 11 is 0. The highest BCUT2D eigenvalue weighted by Crippen LogP contribution is 2.30. The van der Waals surface area contributed by atoms with Gasteiger partial charge in [-0.05, 0) is 44.4 Å². The maximum Gasteiger partial charge on any atom is 0.123 e. The van der Waals surface area contributed by atoms with Crippen LogP contribution in [-0.2, 0) is 10.2 Å². The van der Waals surface area contributed by atoms with Crippen molar-refractivity contribution in [3.05, 3.63) is 35.6 Å². The average molecular weight is 267 g/mol. The first-order chi connectivity index (χ1) is 8.69. The maximum atomic E-state index is 13.0. The van der Waals surface area contributed by atoms with Crippen LogP contribution in [-0.4, -0.2) is 18.8 Å². The van der Waals surface area contributed by atoms with Gasteiger partial charge in [-0.25, -0.2) is 4.39 Å². The Morgan fingerprint density at radius 3 is 2.16 bits per heavy atom. The van der Waals surface area contributed by atoms with Crippen LogP contribution in [0.15, 0.2) is 24.3 Å². The number of benzene rings is 1. The van der Waals surface area contributed by atoms with Gasteiger partial charge in [0.15, 0.2) is 0 Å². The van der Waals surface area contributed by atoms with Gasteiger partial charge < -0.3 is 10.5 Å². The summed E-state index contributed by atoms with van der Waals surface area (Å²) < 4.78 is 18.4. The van der Waals surface area contributed by atoms with Crippen LogP contribution in [0.2, 0.25) is 0 Å². The lowest BCUT2D eigenvalue weighted by Gasteiger charge is -2.34. The average Bonchev–Trinajstić information content (AvgIpc) is 2.36. The van der Waals surface area contributed by atoms with Crippen LogP contribution in [0.1, 0.15) is 46.1 Å². The summed E-state index contributed by atoms with van der Waals surface area (Å²) in [7, 11) is 1.72. The molecule has 1 rings (SSSR count). The van der Waals surface area contributed by atoms with Gasteiger partial charge in [0.1, 0.15) is 5.82 Å². The number of rotatable bonds is 6. The molecule has 2 nitrogen and oxygen atoms in total. The minimum absolute atomic E-state index is 0.00684. The highest BCUT2D eigenvalue weighted by Gasteiger charge is 2.30. The van der Waals surface area contributed by atoms with Crippen molar-refractivity contribution in [3.8, 4) is 0 Å². The zero-order valence-corrected chi connectivity index (χ0v) is 12.7. The third kappa shape index (κ3) is 4.29. The van der Waals surface area contributed by atoms with Crippen LogP contribution in [0.4, 0.5) is 4.39 Å². The van der Waals surface area contributed by atoms with Gasteiger partial charge in [-0.15, -0.1) is 0 Å². The standard InChI is InChI=1S/C16H26FNO/c1-15(2,19-5)11-10-14(18)16(3,4)12-6-8-13(17)9-7-12/h6-9,14H,10-11,18H2,1-5H3. The SMILES string of the molecule is COC(C)(C)CCC(N)C(C)(C)c1ccc(F)cc1. The van der Waals surface area contributed by atoms with Crippen molar-refractivity contribution in [3.63, 3.8) is 0 Å². The minimum Gasteiger partial charge on any atom is -0.379 e. The molecule has 1 atom stereocenters. The molecule has 0 radical (unpaired) electrons. The summed E-state index contributed by atoms with van der Waals surface area (Å²) in [6.07, 6.45) is 1.76. The maximum absolute atomic E-state index is 13.0. The van der Waals surface area contributed by atoms with E-state index in [-0.39, 0.29) is 22.9 Å². The molecule has 0 aromatic heterocycles. The predicted octanol–water partition coefficient (Wildman–Crippen LogP) is 3.64. The normalized spacial score (nSPS) is 14.5. The Morgan fingerprint density at radius 1 is 1.16 bits per heavy atom. The molecule has 3 heteroatoms. The Balaban J connectivity index is 2.74. The molecule has 2 N–H and O–H groups in total. The molecule has 0 aliphatic carbocycles.